The molecule has 2 atom stereocenters. The zero-order chi connectivity index (χ0) is 21.5. The minimum Gasteiger partial charge on any atom is -0.369 e. The van der Waals surface area contributed by atoms with Crippen LogP contribution in [0.1, 0.15) is 28.7 Å². The van der Waals surface area contributed by atoms with E-state index < -0.39 is 5.60 Å². The van der Waals surface area contributed by atoms with Gasteiger partial charge in [0.15, 0.2) is 0 Å². The van der Waals surface area contributed by atoms with E-state index in [1.54, 1.807) is 0 Å². The molecule has 0 aromatic heterocycles. The lowest BCUT2D eigenvalue weighted by molar-refractivity contribution is -0.176. The summed E-state index contributed by atoms with van der Waals surface area (Å²) in [7, 11) is 0. The van der Waals surface area contributed by atoms with E-state index in [2.05, 4.69) is 23.5 Å². The molecule has 1 aliphatic rings. The van der Waals surface area contributed by atoms with Crippen molar-refractivity contribution < 1.29 is 9.47 Å². The minimum atomic E-state index is -0.618. The molecule has 0 aliphatic carbocycles. The first-order chi connectivity index (χ1) is 15.2. The second kappa shape index (κ2) is 10.1. The highest BCUT2D eigenvalue weighted by atomic mass is 35.5. The third-order valence-electron chi connectivity index (χ3n) is 5.77. The maximum Gasteiger partial charge on any atom is 0.122 e. The first-order valence-corrected chi connectivity index (χ1v) is 10.8. The minimum absolute atomic E-state index is 0.224. The number of nitriles is 1. The van der Waals surface area contributed by atoms with Gasteiger partial charge in [0.05, 0.1) is 24.8 Å². The highest BCUT2D eigenvalue weighted by Crippen LogP contribution is 2.38. The van der Waals surface area contributed by atoms with Crippen molar-refractivity contribution in [1.29, 1.82) is 5.26 Å². The molecule has 1 saturated heterocycles. The van der Waals surface area contributed by atoms with Gasteiger partial charge in [0.1, 0.15) is 11.7 Å². The zero-order valence-electron chi connectivity index (χ0n) is 17.3. The molecule has 1 N–H and O–H groups in total. The number of nitrogens with zero attached hydrogens (tertiary/aromatic N) is 1. The van der Waals surface area contributed by atoms with Crippen LogP contribution >= 0.6 is 11.6 Å². The van der Waals surface area contributed by atoms with Gasteiger partial charge in [-0.2, -0.15) is 5.26 Å². The Balaban J connectivity index is 1.63. The van der Waals surface area contributed by atoms with Crippen molar-refractivity contribution >= 4 is 11.6 Å². The Morgan fingerprint density at radius 1 is 0.968 bits per heavy atom. The highest BCUT2D eigenvalue weighted by Gasteiger charge is 2.44. The summed E-state index contributed by atoms with van der Waals surface area (Å²) in [4.78, 5) is 0. The van der Waals surface area contributed by atoms with Crippen LogP contribution in [0.25, 0.3) is 0 Å². The molecule has 0 bridgehead atoms. The summed E-state index contributed by atoms with van der Waals surface area (Å²) in [6.07, 6.45) is 0.546. The van der Waals surface area contributed by atoms with Crippen LogP contribution in [0.2, 0.25) is 5.02 Å². The van der Waals surface area contributed by atoms with E-state index >= 15 is 0 Å². The van der Waals surface area contributed by atoms with Gasteiger partial charge in [0.25, 0.3) is 0 Å². The summed E-state index contributed by atoms with van der Waals surface area (Å²) >= 11 is 6.16. The lowest BCUT2D eigenvalue weighted by Gasteiger charge is -2.44. The summed E-state index contributed by atoms with van der Waals surface area (Å²) in [6, 6.07) is 27.8. The maximum atomic E-state index is 9.42. The summed E-state index contributed by atoms with van der Waals surface area (Å²) < 4.78 is 13.1. The van der Waals surface area contributed by atoms with Crippen molar-refractivity contribution in [2.45, 2.75) is 31.3 Å². The van der Waals surface area contributed by atoms with E-state index in [-0.39, 0.29) is 6.10 Å². The Bertz CT molecular complexity index is 1030. The number of benzene rings is 3. The first kappa shape index (κ1) is 21.5. The van der Waals surface area contributed by atoms with Crippen molar-refractivity contribution in [2.24, 2.45) is 0 Å². The lowest BCUT2D eigenvalue weighted by Crippen LogP contribution is -2.54. The normalized spacial score (nSPS) is 20.8. The largest absolute Gasteiger partial charge is 0.369 e. The Labute approximate surface area is 188 Å². The van der Waals surface area contributed by atoms with Crippen molar-refractivity contribution in [2.75, 3.05) is 13.1 Å². The number of nitrogens with one attached hydrogen (secondary N) is 1. The van der Waals surface area contributed by atoms with Crippen LogP contribution in [0, 0.1) is 11.3 Å². The van der Waals surface area contributed by atoms with Crippen molar-refractivity contribution in [3.63, 3.8) is 0 Å². The number of halogens is 1. The quantitative estimate of drug-likeness (QED) is 0.557. The molecule has 4 rings (SSSR count). The molecule has 1 heterocycles. The van der Waals surface area contributed by atoms with Gasteiger partial charge < -0.3 is 14.8 Å². The van der Waals surface area contributed by atoms with Crippen LogP contribution in [0.15, 0.2) is 78.9 Å². The topological polar surface area (TPSA) is 54.3 Å². The van der Waals surface area contributed by atoms with E-state index in [0.717, 1.165) is 29.7 Å². The van der Waals surface area contributed by atoms with Crippen LogP contribution in [0.4, 0.5) is 0 Å². The first-order valence-electron chi connectivity index (χ1n) is 10.5. The Kier molecular flexibility index (Phi) is 7.01. The fourth-order valence-corrected chi connectivity index (χ4v) is 4.20. The summed E-state index contributed by atoms with van der Waals surface area (Å²) in [5, 5.41) is 13.5. The van der Waals surface area contributed by atoms with Gasteiger partial charge in [-0.15, -0.1) is 0 Å². The number of piperidine rings is 1. The number of hydrogen-bond donors (Lipinski definition) is 1. The molecule has 3 aromatic rings. The zero-order valence-corrected chi connectivity index (χ0v) is 18.0. The fourth-order valence-electron chi connectivity index (χ4n) is 4.07. The number of rotatable bonds is 7. The second-order valence-electron chi connectivity index (χ2n) is 7.69. The highest BCUT2D eigenvalue weighted by molar-refractivity contribution is 6.30. The predicted octanol–water partition coefficient (Wildman–Crippen LogP) is 5.20. The summed E-state index contributed by atoms with van der Waals surface area (Å²) in [5.74, 6) is 0. The maximum absolute atomic E-state index is 9.42. The molecule has 0 spiro atoms. The van der Waals surface area contributed by atoms with Gasteiger partial charge in [-0.3, -0.25) is 0 Å². The van der Waals surface area contributed by atoms with Gasteiger partial charge in [-0.25, -0.2) is 0 Å². The predicted molar refractivity (Wildman–Crippen MR) is 122 cm³/mol. The summed E-state index contributed by atoms with van der Waals surface area (Å²) in [6.45, 7) is 2.32. The van der Waals surface area contributed by atoms with Crippen LogP contribution < -0.4 is 5.32 Å². The Morgan fingerprint density at radius 3 is 2.48 bits per heavy atom. The monoisotopic (exact) mass is 432 g/mol. The molecule has 0 saturated carbocycles. The number of hydrogen-bond acceptors (Lipinski definition) is 4. The molecule has 1 fully saturated rings. The molecule has 1 aliphatic heterocycles. The van der Waals surface area contributed by atoms with E-state index in [1.807, 2.05) is 66.7 Å². The smallest absolute Gasteiger partial charge is 0.122 e. The van der Waals surface area contributed by atoms with Crippen molar-refractivity contribution in [3.8, 4) is 6.07 Å². The molecule has 31 heavy (non-hydrogen) atoms. The third-order valence-corrected chi connectivity index (χ3v) is 6.02. The van der Waals surface area contributed by atoms with E-state index in [1.165, 1.54) is 0 Å². The molecule has 0 radical (unpaired) electrons. The average molecular weight is 433 g/mol. The van der Waals surface area contributed by atoms with Crippen LogP contribution in [0.5, 0.6) is 0 Å². The Hall–Kier alpha value is -2.68. The molecular weight excluding hydrogens is 408 g/mol. The standard InChI is InChI=1S/C26H25ClN2O2/c27-24-12-10-23(11-13-24)26(31-18-20-6-2-1-3-7-20)14-15-29-17-25(26)30-19-22-9-5-4-8-21(22)16-28/h1-13,25,29H,14-15,17-19H2/t25-,26+/m0/s1. The van der Waals surface area contributed by atoms with Crippen molar-refractivity contribution in [1.82, 2.24) is 5.32 Å². The SMILES string of the molecule is N#Cc1ccccc1CO[C@H]1CNCC[C@@]1(OCc1ccccc1)c1ccc(Cl)cc1. The third kappa shape index (κ3) is 4.98. The van der Waals surface area contributed by atoms with Gasteiger partial charge in [0, 0.05) is 11.6 Å². The molecule has 158 valence electrons. The molecule has 5 heteroatoms. The van der Waals surface area contributed by atoms with E-state index in [9.17, 15) is 5.26 Å². The van der Waals surface area contributed by atoms with E-state index in [0.29, 0.717) is 30.3 Å². The van der Waals surface area contributed by atoms with Crippen LogP contribution in [-0.2, 0) is 28.3 Å². The van der Waals surface area contributed by atoms with Gasteiger partial charge >= 0.3 is 0 Å². The molecule has 4 nitrogen and oxygen atoms in total. The van der Waals surface area contributed by atoms with Crippen molar-refractivity contribution in [3.05, 3.63) is 106 Å². The molecule has 0 amide bonds. The lowest BCUT2D eigenvalue weighted by atomic mass is 9.82. The molecular formula is C26H25ClN2O2. The summed E-state index contributed by atoms with van der Waals surface area (Å²) in [5.41, 5.74) is 3.06. The second-order valence-corrected chi connectivity index (χ2v) is 8.13. The van der Waals surface area contributed by atoms with Gasteiger partial charge in [0.2, 0.25) is 0 Å². The van der Waals surface area contributed by atoms with E-state index in [4.69, 9.17) is 21.1 Å². The molecule has 3 aromatic carbocycles. The van der Waals surface area contributed by atoms with Gasteiger partial charge in [-0.1, -0.05) is 72.3 Å². The van der Waals surface area contributed by atoms with Crippen LogP contribution in [0.3, 0.4) is 0 Å². The number of ether oxygens (including phenoxy) is 2. The average Bonchev–Trinajstić information content (AvgIpc) is 2.83. The molecule has 0 unspecified atom stereocenters. The fraction of sp³-hybridized carbons (Fsp3) is 0.269. The van der Waals surface area contributed by atoms with Gasteiger partial charge in [-0.05, 0) is 47.9 Å². The van der Waals surface area contributed by atoms with Crippen LogP contribution in [-0.4, -0.2) is 19.2 Å². The Morgan fingerprint density at radius 2 is 1.71 bits per heavy atom.